The molecule has 1 heteroatoms. The Morgan fingerprint density at radius 1 is 0.304 bits per heavy atom. The fraction of sp³-hybridized carbons (Fsp3) is 0.0545. The Morgan fingerprint density at radius 2 is 0.750 bits per heavy atom. The first-order chi connectivity index (χ1) is 27.6. The van der Waals surface area contributed by atoms with Crippen molar-refractivity contribution in [1.82, 2.24) is 0 Å². The molecule has 0 fully saturated rings. The zero-order valence-corrected chi connectivity index (χ0v) is 31.4. The van der Waals surface area contributed by atoms with Crippen molar-refractivity contribution in [1.29, 1.82) is 0 Å². The summed E-state index contributed by atoms with van der Waals surface area (Å²) in [6.45, 7) is 4.72. The molecule has 1 nitrogen and oxygen atoms in total. The lowest BCUT2D eigenvalue weighted by Gasteiger charge is -2.23. The highest BCUT2D eigenvalue weighted by Gasteiger charge is 2.35. The molecule has 0 N–H and O–H groups in total. The van der Waals surface area contributed by atoms with Gasteiger partial charge >= 0.3 is 0 Å². The zero-order valence-electron chi connectivity index (χ0n) is 31.4. The smallest absolute Gasteiger partial charge is 0.143 e. The van der Waals surface area contributed by atoms with Crippen molar-refractivity contribution in [3.05, 3.63) is 205 Å². The number of ether oxygens (including phenoxy) is 1. The van der Waals surface area contributed by atoms with Crippen molar-refractivity contribution >= 4 is 43.1 Å². The predicted molar refractivity (Wildman–Crippen MR) is 237 cm³/mol. The van der Waals surface area contributed by atoms with Crippen LogP contribution in [0.3, 0.4) is 0 Å². The minimum Gasteiger partial charge on any atom is -0.455 e. The summed E-state index contributed by atoms with van der Waals surface area (Å²) < 4.78 is 7.51. The summed E-state index contributed by atoms with van der Waals surface area (Å²) in [5.41, 5.74) is 12.5. The molecular formula is C55H38O. The SMILES string of the molecule is CC1(C)c2ccccc2-c2ccc(-c3c4ccccc4c(Oc4c5ccccc5c(-c5ccccc5)c5ccccc45)c4ccc(-c5ccccc5)cc34)cc21. The van der Waals surface area contributed by atoms with E-state index < -0.39 is 0 Å². The van der Waals surface area contributed by atoms with E-state index >= 15 is 0 Å². The largest absolute Gasteiger partial charge is 0.455 e. The summed E-state index contributed by atoms with van der Waals surface area (Å²) in [5, 5.41) is 9.04. The number of benzene rings is 10. The van der Waals surface area contributed by atoms with Crippen LogP contribution in [0.2, 0.25) is 0 Å². The molecule has 0 bridgehead atoms. The van der Waals surface area contributed by atoms with Crippen molar-refractivity contribution in [3.8, 4) is 56.0 Å². The average molecular weight is 715 g/mol. The van der Waals surface area contributed by atoms with E-state index in [1.54, 1.807) is 0 Å². The third-order valence-corrected chi connectivity index (χ3v) is 12.1. The summed E-state index contributed by atoms with van der Waals surface area (Å²) in [6, 6.07) is 70.5. The molecule has 0 aromatic heterocycles. The van der Waals surface area contributed by atoms with Crippen LogP contribution in [-0.4, -0.2) is 0 Å². The molecule has 11 rings (SSSR count). The van der Waals surface area contributed by atoms with E-state index in [0.29, 0.717) is 0 Å². The Hall–Kier alpha value is -6.96. The van der Waals surface area contributed by atoms with Gasteiger partial charge in [0, 0.05) is 27.0 Å². The van der Waals surface area contributed by atoms with Crippen molar-refractivity contribution in [2.75, 3.05) is 0 Å². The Kier molecular flexibility index (Phi) is 7.28. The predicted octanol–water partition coefficient (Wildman–Crippen LogP) is 15.4. The van der Waals surface area contributed by atoms with Crippen LogP contribution in [-0.2, 0) is 5.41 Å². The standard InChI is InChI=1S/C55H38O/c1-55(2)49-28-16-15-21-39(49)40-31-30-38(34-50(40)55)52-43-24-11-14-27-46(43)54(47-32-29-37(33-48(47)52)35-17-5-3-6-18-35)56-53-44-25-12-9-22-41(44)51(36-19-7-4-8-20-36)42-23-10-13-26-45(42)53/h3-34H,1-2H3. The van der Waals surface area contributed by atoms with Gasteiger partial charge < -0.3 is 4.74 Å². The van der Waals surface area contributed by atoms with Crippen molar-refractivity contribution in [3.63, 3.8) is 0 Å². The summed E-state index contributed by atoms with van der Waals surface area (Å²) >= 11 is 0. The molecule has 1 aliphatic carbocycles. The summed E-state index contributed by atoms with van der Waals surface area (Å²) in [6.07, 6.45) is 0. The molecular weight excluding hydrogens is 677 g/mol. The van der Waals surface area contributed by atoms with Gasteiger partial charge in [0.2, 0.25) is 0 Å². The first kappa shape index (κ1) is 32.5. The van der Waals surface area contributed by atoms with Gasteiger partial charge in [-0.25, -0.2) is 0 Å². The van der Waals surface area contributed by atoms with Crippen LogP contribution >= 0.6 is 0 Å². The molecule has 1 aliphatic rings. The maximum atomic E-state index is 7.51. The highest BCUT2D eigenvalue weighted by Crippen LogP contribution is 2.53. The third kappa shape index (κ3) is 4.87. The molecule has 0 amide bonds. The lowest BCUT2D eigenvalue weighted by molar-refractivity contribution is 0.505. The quantitative estimate of drug-likeness (QED) is 0.161. The molecule has 0 aliphatic heterocycles. The van der Waals surface area contributed by atoms with E-state index in [-0.39, 0.29) is 5.41 Å². The average Bonchev–Trinajstić information content (AvgIpc) is 3.49. The second-order valence-electron chi connectivity index (χ2n) is 15.6. The highest BCUT2D eigenvalue weighted by molar-refractivity contribution is 6.20. The van der Waals surface area contributed by atoms with Crippen LogP contribution < -0.4 is 4.74 Å². The summed E-state index contributed by atoms with van der Waals surface area (Å²) in [7, 11) is 0. The van der Waals surface area contributed by atoms with Crippen LogP contribution in [0.1, 0.15) is 25.0 Å². The molecule has 264 valence electrons. The van der Waals surface area contributed by atoms with Gasteiger partial charge in [0.15, 0.2) is 0 Å². The van der Waals surface area contributed by atoms with Gasteiger partial charge in [-0.05, 0) is 95.4 Å². The second-order valence-corrected chi connectivity index (χ2v) is 15.6. The Labute approximate surface area is 327 Å². The first-order valence-electron chi connectivity index (χ1n) is 19.5. The van der Waals surface area contributed by atoms with E-state index in [1.165, 1.54) is 77.2 Å². The Morgan fingerprint density at radius 3 is 1.36 bits per heavy atom. The lowest BCUT2D eigenvalue weighted by Crippen LogP contribution is -2.14. The van der Waals surface area contributed by atoms with Gasteiger partial charge in [0.1, 0.15) is 11.5 Å². The van der Waals surface area contributed by atoms with E-state index in [0.717, 1.165) is 33.0 Å². The highest BCUT2D eigenvalue weighted by atomic mass is 16.5. The normalized spacial score (nSPS) is 13.0. The van der Waals surface area contributed by atoms with Crippen LogP contribution in [0, 0.1) is 0 Å². The molecule has 0 atom stereocenters. The van der Waals surface area contributed by atoms with E-state index in [9.17, 15) is 0 Å². The van der Waals surface area contributed by atoms with Gasteiger partial charge in [-0.1, -0.05) is 190 Å². The van der Waals surface area contributed by atoms with Crippen LogP contribution in [0.15, 0.2) is 194 Å². The maximum Gasteiger partial charge on any atom is 0.143 e. The second kappa shape index (κ2) is 12.5. The third-order valence-electron chi connectivity index (χ3n) is 12.1. The number of hydrogen-bond donors (Lipinski definition) is 0. The zero-order chi connectivity index (χ0) is 37.4. The maximum absolute atomic E-state index is 7.51. The molecule has 0 unspecified atom stereocenters. The van der Waals surface area contributed by atoms with Crippen molar-refractivity contribution < 1.29 is 4.74 Å². The summed E-state index contributed by atoms with van der Waals surface area (Å²) in [4.78, 5) is 0. The van der Waals surface area contributed by atoms with Gasteiger partial charge in [0.05, 0.1) is 0 Å². The van der Waals surface area contributed by atoms with E-state index in [4.69, 9.17) is 4.74 Å². The van der Waals surface area contributed by atoms with Gasteiger partial charge in [-0.3, -0.25) is 0 Å². The fourth-order valence-corrected chi connectivity index (χ4v) is 9.45. The molecule has 0 saturated carbocycles. The first-order valence-corrected chi connectivity index (χ1v) is 19.5. The minimum absolute atomic E-state index is 0.111. The summed E-state index contributed by atoms with van der Waals surface area (Å²) in [5.74, 6) is 1.75. The monoisotopic (exact) mass is 714 g/mol. The van der Waals surface area contributed by atoms with Crippen molar-refractivity contribution in [2.45, 2.75) is 19.3 Å². The Balaban J connectivity index is 1.21. The molecule has 56 heavy (non-hydrogen) atoms. The van der Waals surface area contributed by atoms with Crippen LogP contribution in [0.25, 0.3) is 87.6 Å². The molecule has 0 spiro atoms. The van der Waals surface area contributed by atoms with Crippen molar-refractivity contribution in [2.24, 2.45) is 0 Å². The van der Waals surface area contributed by atoms with Crippen LogP contribution in [0.5, 0.6) is 11.5 Å². The minimum atomic E-state index is -0.111. The van der Waals surface area contributed by atoms with Gasteiger partial charge in [-0.15, -0.1) is 0 Å². The van der Waals surface area contributed by atoms with E-state index in [2.05, 4.69) is 208 Å². The van der Waals surface area contributed by atoms with Crippen LogP contribution in [0.4, 0.5) is 0 Å². The topological polar surface area (TPSA) is 9.23 Å². The molecule has 10 aromatic rings. The lowest BCUT2D eigenvalue weighted by atomic mass is 9.81. The molecule has 0 radical (unpaired) electrons. The van der Waals surface area contributed by atoms with Gasteiger partial charge in [-0.2, -0.15) is 0 Å². The molecule has 0 saturated heterocycles. The fourth-order valence-electron chi connectivity index (χ4n) is 9.45. The number of hydrogen-bond acceptors (Lipinski definition) is 1. The molecule has 10 aromatic carbocycles. The number of fused-ring (bicyclic) bond motifs is 7. The van der Waals surface area contributed by atoms with E-state index in [1.807, 2.05) is 0 Å². The number of rotatable bonds is 5. The molecule has 0 heterocycles. The Bertz CT molecular complexity index is 3120. The van der Waals surface area contributed by atoms with Gasteiger partial charge in [0.25, 0.3) is 0 Å².